The second-order valence-corrected chi connectivity index (χ2v) is 6.07. The summed E-state index contributed by atoms with van der Waals surface area (Å²) in [5.41, 5.74) is 0.455. The van der Waals surface area contributed by atoms with Crippen molar-refractivity contribution in [2.75, 3.05) is 26.5 Å². The Morgan fingerprint density at radius 1 is 1.33 bits per heavy atom. The molecule has 120 valence electrons. The Labute approximate surface area is 122 Å². The predicted molar refractivity (Wildman–Crippen MR) is 74.2 cm³/mol. The number of halogens is 2. The van der Waals surface area contributed by atoms with E-state index in [1.54, 1.807) is 12.1 Å². The molecule has 1 rings (SSSR count). The highest BCUT2D eigenvalue weighted by atomic mass is 32.2. The Kier molecular flexibility index (Phi) is 6.79. The zero-order chi connectivity index (χ0) is 15.9. The summed E-state index contributed by atoms with van der Waals surface area (Å²) in [5.74, 6) is 0.0230. The third kappa shape index (κ3) is 5.82. The van der Waals surface area contributed by atoms with E-state index in [9.17, 15) is 17.2 Å². The number of benzene rings is 1. The van der Waals surface area contributed by atoms with Crippen molar-refractivity contribution in [1.29, 1.82) is 0 Å². The molecule has 0 aliphatic heterocycles. The van der Waals surface area contributed by atoms with Crippen LogP contribution in [-0.4, -0.2) is 41.5 Å². The lowest BCUT2D eigenvalue weighted by molar-refractivity contribution is -0.0518. The van der Waals surface area contributed by atoms with E-state index in [-0.39, 0.29) is 30.3 Å². The highest BCUT2D eigenvalue weighted by Gasteiger charge is 2.15. The molecule has 0 heterocycles. The number of ether oxygens (including phenoxy) is 2. The summed E-state index contributed by atoms with van der Waals surface area (Å²) >= 11 is 0. The molecule has 21 heavy (non-hydrogen) atoms. The van der Waals surface area contributed by atoms with Gasteiger partial charge in [-0.15, -0.1) is 0 Å². The first-order chi connectivity index (χ1) is 9.89. The van der Waals surface area contributed by atoms with Crippen LogP contribution < -0.4 is 19.5 Å². The van der Waals surface area contributed by atoms with Crippen molar-refractivity contribution in [3.05, 3.63) is 23.8 Å². The summed E-state index contributed by atoms with van der Waals surface area (Å²) in [4.78, 5) is 0. The van der Waals surface area contributed by atoms with Gasteiger partial charge < -0.3 is 14.8 Å². The molecule has 0 amide bonds. The van der Waals surface area contributed by atoms with Gasteiger partial charge in [-0.2, -0.15) is 8.78 Å². The lowest BCUT2D eigenvalue weighted by Crippen LogP contribution is -2.29. The molecular weight excluding hydrogens is 306 g/mol. The smallest absolute Gasteiger partial charge is 0.387 e. The Bertz CT molecular complexity index is 552. The molecule has 6 nitrogen and oxygen atoms in total. The van der Waals surface area contributed by atoms with Crippen LogP contribution in [0.5, 0.6) is 11.5 Å². The zero-order valence-corrected chi connectivity index (χ0v) is 12.5. The van der Waals surface area contributed by atoms with Gasteiger partial charge in [0.25, 0.3) is 0 Å². The molecule has 0 fully saturated rings. The molecule has 2 N–H and O–H groups in total. The second-order valence-electron chi connectivity index (χ2n) is 4.03. The zero-order valence-electron chi connectivity index (χ0n) is 11.7. The summed E-state index contributed by atoms with van der Waals surface area (Å²) in [7, 11) is -0.627. The average Bonchev–Trinajstić information content (AvgIpc) is 2.44. The van der Waals surface area contributed by atoms with Gasteiger partial charge in [0.15, 0.2) is 11.5 Å². The van der Waals surface area contributed by atoms with Crippen LogP contribution in [-0.2, 0) is 16.6 Å². The summed E-state index contributed by atoms with van der Waals surface area (Å²) in [6.45, 7) is -2.61. The van der Waals surface area contributed by atoms with E-state index in [4.69, 9.17) is 4.74 Å². The van der Waals surface area contributed by atoms with Crippen molar-refractivity contribution < 1.29 is 26.7 Å². The van der Waals surface area contributed by atoms with E-state index in [1.165, 1.54) is 20.2 Å². The topological polar surface area (TPSA) is 76.7 Å². The molecule has 0 unspecified atom stereocenters. The van der Waals surface area contributed by atoms with Crippen molar-refractivity contribution >= 4 is 10.0 Å². The van der Waals surface area contributed by atoms with Crippen LogP contribution >= 0.6 is 0 Å². The van der Waals surface area contributed by atoms with E-state index in [2.05, 4.69) is 14.8 Å². The normalized spacial score (nSPS) is 11.7. The van der Waals surface area contributed by atoms with Crippen LogP contribution in [0.25, 0.3) is 0 Å². The highest BCUT2D eigenvalue weighted by molar-refractivity contribution is 7.89. The average molecular weight is 324 g/mol. The summed E-state index contributed by atoms with van der Waals surface area (Å²) in [6, 6.07) is 4.74. The van der Waals surface area contributed by atoms with Gasteiger partial charge in [0, 0.05) is 18.7 Å². The van der Waals surface area contributed by atoms with Gasteiger partial charge in [-0.05, 0) is 13.1 Å². The third-order valence-corrected chi connectivity index (χ3v) is 4.02. The van der Waals surface area contributed by atoms with E-state index < -0.39 is 16.6 Å². The minimum absolute atomic E-state index is 0.0565. The third-order valence-electron chi connectivity index (χ3n) is 2.66. The number of methoxy groups -OCH3 is 1. The SMILES string of the molecule is CNS(=O)(=O)CCNCc1cccc(OC)c1OC(F)F. The molecule has 0 radical (unpaired) electrons. The molecule has 0 saturated carbocycles. The van der Waals surface area contributed by atoms with E-state index in [0.717, 1.165) is 0 Å². The van der Waals surface area contributed by atoms with Gasteiger partial charge >= 0.3 is 6.61 Å². The molecule has 1 aromatic carbocycles. The first-order valence-corrected chi connectivity index (χ1v) is 7.77. The quantitative estimate of drug-likeness (QED) is 0.661. The molecule has 0 aliphatic rings. The predicted octanol–water partition coefficient (Wildman–Crippen LogP) is 0.935. The minimum atomic E-state index is -3.30. The maximum Gasteiger partial charge on any atom is 0.387 e. The number of nitrogens with one attached hydrogen (secondary N) is 2. The minimum Gasteiger partial charge on any atom is -0.493 e. The van der Waals surface area contributed by atoms with E-state index in [1.807, 2.05) is 0 Å². The van der Waals surface area contributed by atoms with Crippen LogP contribution in [0.15, 0.2) is 18.2 Å². The van der Waals surface area contributed by atoms with Crippen LogP contribution in [0.2, 0.25) is 0 Å². The van der Waals surface area contributed by atoms with Crippen molar-refractivity contribution in [1.82, 2.24) is 10.0 Å². The van der Waals surface area contributed by atoms with Crippen LogP contribution in [0.4, 0.5) is 8.78 Å². The molecule has 1 aromatic rings. The Hall–Kier alpha value is -1.45. The number of para-hydroxylation sites is 1. The molecule has 0 bridgehead atoms. The van der Waals surface area contributed by atoms with Gasteiger partial charge in [-0.3, -0.25) is 0 Å². The fourth-order valence-electron chi connectivity index (χ4n) is 1.62. The van der Waals surface area contributed by atoms with Gasteiger partial charge in [0.1, 0.15) is 0 Å². The van der Waals surface area contributed by atoms with Gasteiger partial charge in [-0.25, -0.2) is 13.1 Å². The van der Waals surface area contributed by atoms with Crippen LogP contribution in [0, 0.1) is 0 Å². The molecule has 0 aliphatic carbocycles. The fourth-order valence-corrected chi connectivity index (χ4v) is 2.23. The van der Waals surface area contributed by atoms with E-state index >= 15 is 0 Å². The fraction of sp³-hybridized carbons (Fsp3) is 0.500. The number of hydrogen-bond donors (Lipinski definition) is 2. The molecular formula is C12H18F2N2O4S. The number of hydrogen-bond acceptors (Lipinski definition) is 5. The maximum absolute atomic E-state index is 12.4. The van der Waals surface area contributed by atoms with Gasteiger partial charge in [0.05, 0.1) is 12.9 Å². The first-order valence-electron chi connectivity index (χ1n) is 6.12. The largest absolute Gasteiger partial charge is 0.493 e. The van der Waals surface area contributed by atoms with Crippen LogP contribution in [0.1, 0.15) is 5.56 Å². The van der Waals surface area contributed by atoms with Crippen molar-refractivity contribution in [3.8, 4) is 11.5 Å². The van der Waals surface area contributed by atoms with Crippen molar-refractivity contribution in [3.63, 3.8) is 0 Å². The van der Waals surface area contributed by atoms with E-state index in [0.29, 0.717) is 5.56 Å². The standard InChI is InChI=1S/C12H18F2N2O4S/c1-15-21(17,18)7-6-16-8-9-4-3-5-10(19-2)11(9)20-12(13)14/h3-5,12,15-16H,6-8H2,1-2H3. The number of alkyl halides is 2. The lowest BCUT2D eigenvalue weighted by Gasteiger charge is -2.14. The second kappa shape index (κ2) is 8.11. The number of sulfonamides is 1. The van der Waals surface area contributed by atoms with Crippen molar-refractivity contribution in [2.24, 2.45) is 0 Å². The number of rotatable bonds is 9. The Morgan fingerprint density at radius 3 is 2.62 bits per heavy atom. The summed E-state index contributed by atoms with van der Waals surface area (Å²) < 4.78 is 58.9. The molecule has 0 aromatic heterocycles. The van der Waals surface area contributed by atoms with Gasteiger partial charge in [-0.1, -0.05) is 12.1 Å². The van der Waals surface area contributed by atoms with Gasteiger partial charge in [0.2, 0.25) is 10.0 Å². The van der Waals surface area contributed by atoms with Crippen molar-refractivity contribution in [2.45, 2.75) is 13.2 Å². The molecule has 0 spiro atoms. The summed E-state index contributed by atoms with van der Waals surface area (Å²) in [5, 5.41) is 2.86. The van der Waals surface area contributed by atoms with Crippen LogP contribution in [0.3, 0.4) is 0 Å². The molecule has 9 heteroatoms. The molecule has 0 atom stereocenters. The lowest BCUT2D eigenvalue weighted by atomic mass is 10.2. The maximum atomic E-state index is 12.4. The highest BCUT2D eigenvalue weighted by Crippen LogP contribution is 2.32. The summed E-state index contributed by atoms with van der Waals surface area (Å²) in [6.07, 6.45) is 0. The molecule has 0 saturated heterocycles. The monoisotopic (exact) mass is 324 g/mol. The first kappa shape index (κ1) is 17.6. The Morgan fingerprint density at radius 2 is 2.05 bits per heavy atom. The Balaban J connectivity index is 2.70.